The number of carbonyl (C=O) groups excluding carboxylic acids is 2. The van der Waals surface area contributed by atoms with Crippen molar-refractivity contribution in [1.29, 1.82) is 0 Å². The van der Waals surface area contributed by atoms with Crippen LogP contribution in [0, 0.1) is 27.7 Å². The summed E-state index contributed by atoms with van der Waals surface area (Å²) in [6, 6.07) is 19.2. The highest BCUT2D eigenvalue weighted by atomic mass is 16.5. The molecule has 1 heterocycles. The summed E-state index contributed by atoms with van der Waals surface area (Å²) < 4.78 is 11.9. The van der Waals surface area contributed by atoms with Gasteiger partial charge in [0.05, 0.1) is 0 Å². The number of aryl methyl sites for hydroxylation is 4. The molecule has 1 saturated heterocycles. The van der Waals surface area contributed by atoms with Crippen molar-refractivity contribution in [2.75, 3.05) is 31.5 Å². The molecule has 0 spiro atoms. The fourth-order valence-corrected chi connectivity index (χ4v) is 4.40. The molecule has 1 aliphatic heterocycles. The zero-order valence-corrected chi connectivity index (χ0v) is 22.2. The van der Waals surface area contributed by atoms with E-state index in [9.17, 15) is 9.59 Å². The summed E-state index contributed by atoms with van der Waals surface area (Å²) in [5.74, 6) is 2.15. The Hall–Kier alpha value is -4.00. The molecule has 1 aliphatic rings. The van der Waals surface area contributed by atoms with Crippen LogP contribution in [0.25, 0.3) is 0 Å². The van der Waals surface area contributed by atoms with Crippen LogP contribution in [0.3, 0.4) is 0 Å². The fraction of sp³-hybridized carbons (Fsp3) is 0.333. The van der Waals surface area contributed by atoms with Crippen LogP contribution >= 0.6 is 0 Å². The van der Waals surface area contributed by atoms with Crippen LogP contribution in [0.1, 0.15) is 29.2 Å². The molecule has 1 unspecified atom stereocenters. The molecule has 0 aromatic heterocycles. The lowest BCUT2D eigenvalue weighted by Gasteiger charge is -2.35. The molecule has 1 fully saturated rings. The van der Waals surface area contributed by atoms with Gasteiger partial charge in [-0.1, -0.05) is 18.2 Å². The molecule has 3 amide bonds. The van der Waals surface area contributed by atoms with Crippen molar-refractivity contribution >= 4 is 17.6 Å². The lowest BCUT2D eigenvalue weighted by Crippen LogP contribution is -2.54. The average molecular weight is 502 g/mol. The van der Waals surface area contributed by atoms with Gasteiger partial charge in [0.2, 0.25) is 0 Å². The molecule has 0 radical (unpaired) electrons. The standard InChI is InChI=1S/C30H35N3O4/c1-20-6-7-23(4)28(19-20)36-24(5)29(34)32-12-14-33(15-13-32)30(35)31-25-8-10-26(11-9-25)37-27-17-21(2)16-22(3)18-27/h6-11,16-19,24H,12-15H2,1-5H3,(H,31,35). The lowest BCUT2D eigenvalue weighted by molar-refractivity contribution is -0.139. The van der Waals surface area contributed by atoms with Crippen LogP contribution in [0.2, 0.25) is 0 Å². The van der Waals surface area contributed by atoms with Crippen LogP contribution in [-0.2, 0) is 4.79 Å². The van der Waals surface area contributed by atoms with Gasteiger partial charge in [-0.25, -0.2) is 4.79 Å². The predicted molar refractivity (Wildman–Crippen MR) is 146 cm³/mol. The number of rotatable bonds is 6. The van der Waals surface area contributed by atoms with Gasteiger partial charge in [0.25, 0.3) is 5.91 Å². The molecule has 3 aromatic rings. The van der Waals surface area contributed by atoms with E-state index in [1.807, 2.05) is 82.3 Å². The van der Waals surface area contributed by atoms with Crippen molar-refractivity contribution < 1.29 is 19.1 Å². The summed E-state index contributed by atoms with van der Waals surface area (Å²) in [4.78, 5) is 29.2. The van der Waals surface area contributed by atoms with Crippen LogP contribution < -0.4 is 14.8 Å². The van der Waals surface area contributed by atoms with Crippen LogP contribution in [-0.4, -0.2) is 54.0 Å². The Morgan fingerprint density at radius 1 is 0.757 bits per heavy atom. The number of hydrogen-bond donors (Lipinski definition) is 1. The molecule has 0 bridgehead atoms. The monoisotopic (exact) mass is 501 g/mol. The minimum absolute atomic E-state index is 0.0691. The molecule has 1 N–H and O–H groups in total. The van der Waals surface area contributed by atoms with Crippen molar-refractivity contribution in [2.24, 2.45) is 0 Å². The molecule has 0 aliphatic carbocycles. The van der Waals surface area contributed by atoms with E-state index in [0.717, 1.165) is 33.8 Å². The second-order valence-electron chi connectivity index (χ2n) is 9.72. The predicted octanol–water partition coefficient (Wildman–Crippen LogP) is 5.86. The minimum atomic E-state index is -0.592. The van der Waals surface area contributed by atoms with Gasteiger partial charge in [-0.05, 0) is 99.3 Å². The first-order chi connectivity index (χ1) is 17.7. The van der Waals surface area contributed by atoms with Crippen molar-refractivity contribution in [2.45, 2.75) is 40.7 Å². The molecular formula is C30H35N3O4. The van der Waals surface area contributed by atoms with Gasteiger partial charge < -0.3 is 24.6 Å². The molecule has 1 atom stereocenters. The second kappa shape index (κ2) is 11.4. The molecule has 3 aromatic carbocycles. The maximum atomic E-state index is 12.9. The Bertz CT molecular complexity index is 1240. The molecule has 194 valence electrons. The number of nitrogens with zero attached hydrogens (tertiary/aromatic N) is 2. The van der Waals surface area contributed by atoms with Crippen LogP contribution in [0.15, 0.2) is 60.7 Å². The average Bonchev–Trinajstić information content (AvgIpc) is 2.86. The zero-order chi connectivity index (χ0) is 26.5. The van der Waals surface area contributed by atoms with E-state index in [0.29, 0.717) is 37.6 Å². The summed E-state index contributed by atoms with van der Waals surface area (Å²) in [6.45, 7) is 11.7. The largest absolute Gasteiger partial charge is 0.481 e. The lowest BCUT2D eigenvalue weighted by atomic mass is 10.1. The Balaban J connectivity index is 1.26. The number of carbonyl (C=O) groups is 2. The number of ether oxygens (including phenoxy) is 2. The number of piperazine rings is 1. The van der Waals surface area contributed by atoms with Gasteiger partial charge in [0.1, 0.15) is 17.2 Å². The van der Waals surface area contributed by atoms with Crippen molar-refractivity contribution in [3.63, 3.8) is 0 Å². The quantitative estimate of drug-likeness (QED) is 0.460. The number of benzene rings is 3. The normalized spacial score (nSPS) is 14.2. The molecule has 7 nitrogen and oxygen atoms in total. The van der Waals surface area contributed by atoms with Gasteiger partial charge in [-0.15, -0.1) is 0 Å². The van der Waals surface area contributed by atoms with Crippen molar-refractivity contribution in [3.05, 3.63) is 82.9 Å². The van der Waals surface area contributed by atoms with E-state index in [2.05, 4.69) is 11.4 Å². The maximum Gasteiger partial charge on any atom is 0.321 e. The van der Waals surface area contributed by atoms with Crippen molar-refractivity contribution in [3.8, 4) is 17.2 Å². The third kappa shape index (κ3) is 6.82. The van der Waals surface area contributed by atoms with E-state index in [1.54, 1.807) is 16.7 Å². The smallest absolute Gasteiger partial charge is 0.321 e. The minimum Gasteiger partial charge on any atom is -0.481 e. The Morgan fingerprint density at radius 2 is 1.38 bits per heavy atom. The zero-order valence-electron chi connectivity index (χ0n) is 22.2. The number of urea groups is 1. The Kier molecular flexibility index (Phi) is 8.01. The number of amides is 3. The van der Waals surface area contributed by atoms with Gasteiger partial charge in [-0.3, -0.25) is 4.79 Å². The fourth-order valence-electron chi connectivity index (χ4n) is 4.40. The number of hydrogen-bond acceptors (Lipinski definition) is 4. The SMILES string of the molecule is Cc1cc(C)cc(Oc2ccc(NC(=O)N3CCN(C(=O)C(C)Oc4cc(C)ccc4C)CC3)cc2)c1. The third-order valence-corrected chi connectivity index (χ3v) is 6.41. The summed E-state index contributed by atoms with van der Waals surface area (Å²) in [5.41, 5.74) is 5.06. The highest BCUT2D eigenvalue weighted by molar-refractivity contribution is 5.89. The molecule has 7 heteroatoms. The first-order valence-corrected chi connectivity index (χ1v) is 12.6. The third-order valence-electron chi connectivity index (χ3n) is 6.41. The molecule has 4 rings (SSSR count). The van der Waals surface area contributed by atoms with E-state index in [-0.39, 0.29) is 11.9 Å². The summed E-state index contributed by atoms with van der Waals surface area (Å²) in [6.07, 6.45) is -0.592. The van der Waals surface area contributed by atoms with E-state index < -0.39 is 6.10 Å². The second-order valence-corrected chi connectivity index (χ2v) is 9.72. The molecule has 0 saturated carbocycles. The highest BCUT2D eigenvalue weighted by Gasteiger charge is 2.28. The number of anilines is 1. The van der Waals surface area contributed by atoms with Crippen molar-refractivity contribution in [1.82, 2.24) is 9.80 Å². The van der Waals surface area contributed by atoms with Gasteiger partial charge >= 0.3 is 6.03 Å². The maximum absolute atomic E-state index is 12.9. The van der Waals surface area contributed by atoms with Gasteiger partial charge in [0, 0.05) is 31.9 Å². The Morgan fingerprint density at radius 3 is 2.03 bits per heavy atom. The Labute approximate surface area is 219 Å². The molecular weight excluding hydrogens is 466 g/mol. The first kappa shape index (κ1) is 26.1. The first-order valence-electron chi connectivity index (χ1n) is 12.6. The van der Waals surface area contributed by atoms with Crippen LogP contribution in [0.4, 0.5) is 10.5 Å². The van der Waals surface area contributed by atoms with E-state index in [4.69, 9.17) is 9.47 Å². The van der Waals surface area contributed by atoms with E-state index >= 15 is 0 Å². The van der Waals surface area contributed by atoms with E-state index in [1.165, 1.54) is 0 Å². The summed E-state index contributed by atoms with van der Waals surface area (Å²) in [7, 11) is 0. The van der Waals surface area contributed by atoms with Gasteiger partial charge in [-0.2, -0.15) is 0 Å². The highest BCUT2D eigenvalue weighted by Crippen LogP contribution is 2.25. The summed E-state index contributed by atoms with van der Waals surface area (Å²) >= 11 is 0. The number of nitrogens with one attached hydrogen (secondary N) is 1. The topological polar surface area (TPSA) is 71.1 Å². The van der Waals surface area contributed by atoms with Crippen LogP contribution in [0.5, 0.6) is 17.2 Å². The summed E-state index contributed by atoms with van der Waals surface area (Å²) in [5, 5.41) is 2.94. The molecule has 37 heavy (non-hydrogen) atoms. The van der Waals surface area contributed by atoms with Gasteiger partial charge in [0.15, 0.2) is 6.10 Å².